The molecular formula is C23H18N2O5S. The summed E-state index contributed by atoms with van der Waals surface area (Å²) >= 11 is 1.32. The highest BCUT2D eigenvalue weighted by Gasteiger charge is 2.44. The number of thiazole rings is 1. The lowest BCUT2D eigenvalue weighted by atomic mass is 9.98. The van der Waals surface area contributed by atoms with Gasteiger partial charge in [-0.05, 0) is 36.8 Å². The summed E-state index contributed by atoms with van der Waals surface area (Å²) in [6.07, 6.45) is 1.63. The minimum Gasteiger partial charge on any atom is -0.497 e. The van der Waals surface area contributed by atoms with E-state index in [4.69, 9.17) is 13.9 Å². The highest BCUT2D eigenvalue weighted by Crippen LogP contribution is 2.42. The van der Waals surface area contributed by atoms with Crippen molar-refractivity contribution in [2.45, 2.75) is 13.0 Å². The topological polar surface area (TPSA) is 81.9 Å². The monoisotopic (exact) mass is 434 g/mol. The summed E-state index contributed by atoms with van der Waals surface area (Å²) in [4.78, 5) is 32.8. The number of benzene rings is 2. The Hall–Kier alpha value is -3.65. The summed E-state index contributed by atoms with van der Waals surface area (Å²) in [5, 5.41) is 2.67. The van der Waals surface area contributed by atoms with Gasteiger partial charge in [0.1, 0.15) is 17.1 Å². The molecule has 0 N–H and O–H groups in total. The number of aromatic nitrogens is 1. The molecule has 0 spiro atoms. The number of carbonyl (C=O) groups excluding carboxylic acids is 1. The van der Waals surface area contributed by atoms with E-state index < -0.39 is 11.9 Å². The summed E-state index contributed by atoms with van der Waals surface area (Å²) in [5.41, 5.74) is 1.09. The molecule has 0 aliphatic carbocycles. The predicted octanol–water partition coefficient (Wildman–Crippen LogP) is 4.41. The van der Waals surface area contributed by atoms with Crippen molar-refractivity contribution in [3.8, 4) is 11.5 Å². The van der Waals surface area contributed by atoms with Crippen molar-refractivity contribution in [1.82, 2.24) is 4.98 Å². The van der Waals surface area contributed by atoms with Crippen LogP contribution in [0.3, 0.4) is 0 Å². The first-order chi connectivity index (χ1) is 15.1. The third-order valence-electron chi connectivity index (χ3n) is 5.19. The predicted molar refractivity (Wildman–Crippen MR) is 117 cm³/mol. The molecule has 1 atom stereocenters. The van der Waals surface area contributed by atoms with E-state index in [0.717, 1.165) is 5.56 Å². The lowest BCUT2D eigenvalue weighted by Crippen LogP contribution is -2.29. The van der Waals surface area contributed by atoms with Crippen molar-refractivity contribution in [3.05, 3.63) is 81.2 Å². The molecule has 0 radical (unpaired) electrons. The van der Waals surface area contributed by atoms with E-state index in [2.05, 4.69) is 4.98 Å². The largest absolute Gasteiger partial charge is 0.497 e. The van der Waals surface area contributed by atoms with Gasteiger partial charge in [0, 0.05) is 17.6 Å². The van der Waals surface area contributed by atoms with Crippen molar-refractivity contribution >= 4 is 33.3 Å². The molecule has 2 aromatic heterocycles. The zero-order valence-corrected chi connectivity index (χ0v) is 17.6. The molecule has 8 heteroatoms. The maximum absolute atomic E-state index is 13.5. The van der Waals surface area contributed by atoms with E-state index in [1.165, 1.54) is 23.3 Å². The van der Waals surface area contributed by atoms with Gasteiger partial charge in [0.05, 0.1) is 30.7 Å². The summed E-state index contributed by atoms with van der Waals surface area (Å²) in [5.74, 6) is 0.819. The fourth-order valence-electron chi connectivity index (χ4n) is 3.87. The van der Waals surface area contributed by atoms with Gasteiger partial charge >= 0.3 is 0 Å². The minimum absolute atomic E-state index is 0.0211. The third-order valence-corrected chi connectivity index (χ3v) is 5.96. The van der Waals surface area contributed by atoms with E-state index in [-0.39, 0.29) is 11.2 Å². The summed E-state index contributed by atoms with van der Waals surface area (Å²) in [7, 11) is 1.53. The Labute approximate surface area is 181 Å². The van der Waals surface area contributed by atoms with Gasteiger partial charge in [-0.1, -0.05) is 12.1 Å². The smallest absolute Gasteiger partial charge is 0.297 e. The van der Waals surface area contributed by atoms with Gasteiger partial charge < -0.3 is 13.9 Å². The first-order valence-electron chi connectivity index (χ1n) is 9.73. The van der Waals surface area contributed by atoms with E-state index in [1.54, 1.807) is 29.8 Å². The average molecular weight is 434 g/mol. The molecule has 2 aromatic carbocycles. The second kappa shape index (κ2) is 7.55. The fourth-order valence-corrected chi connectivity index (χ4v) is 4.53. The molecule has 0 bridgehead atoms. The number of methoxy groups -OCH3 is 1. The average Bonchev–Trinajstić information content (AvgIpc) is 3.41. The molecular weight excluding hydrogens is 416 g/mol. The number of ether oxygens (including phenoxy) is 2. The van der Waals surface area contributed by atoms with E-state index >= 15 is 0 Å². The zero-order valence-electron chi connectivity index (χ0n) is 16.8. The van der Waals surface area contributed by atoms with Crippen molar-refractivity contribution < 1.29 is 18.7 Å². The number of hydrogen-bond donors (Lipinski definition) is 0. The van der Waals surface area contributed by atoms with Crippen molar-refractivity contribution in [2.24, 2.45) is 0 Å². The van der Waals surface area contributed by atoms with Crippen molar-refractivity contribution in [2.75, 3.05) is 18.6 Å². The van der Waals surface area contributed by atoms with Gasteiger partial charge in [-0.25, -0.2) is 4.98 Å². The molecule has 0 saturated carbocycles. The lowest BCUT2D eigenvalue weighted by molar-refractivity contribution is 0.0971. The van der Waals surface area contributed by atoms with Crippen molar-refractivity contribution in [3.63, 3.8) is 0 Å². The molecule has 5 rings (SSSR count). The van der Waals surface area contributed by atoms with E-state index in [1.807, 2.05) is 31.2 Å². The Kier molecular flexibility index (Phi) is 4.71. The highest BCUT2D eigenvalue weighted by atomic mass is 32.1. The minimum atomic E-state index is -0.670. The molecule has 156 valence electrons. The number of hydrogen-bond acceptors (Lipinski definition) is 7. The first-order valence-corrected chi connectivity index (χ1v) is 10.6. The van der Waals surface area contributed by atoms with Crippen molar-refractivity contribution in [1.29, 1.82) is 0 Å². The molecule has 3 heterocycles. The van der Waals surface area contributed by atoms with Crippen LogP contribution in [0.5, 0.6) is 11.5 Å². The molecule has 31 heavy (non-hydrogen) atoms. The molecule has 1 unspecified atom stereocenters. The van der Waals surface area contributed by atoms with E-state index in [0.29, 0.717) is 39.8 Å². The third kappa shape index (κ3) is 3.07. The summed E-state index contributed by atoms with van der Waals surface area (Å²) in [6, 6.07) is 11.7. The van der Waals surface area contributed by atoms with Crippen LogP contribution in [-0.2, 0) is 0 Å². The van der Waals surface area contributed by atoms with Crippen LogP contribution in [0.25, 0.3) is 11.0 Å². The second-order valence-electron chi connectivity index (χ2n) is 6.93. The van der Waals surface area contributed by atoms with Crippen LogP contribution in [0.15, 0.2) is 63.3 Å². The number of amides is 1. The van der Waals surface area contributed by atoms with Crippen LogP contribution < -0.4 is 19.8 Å². The van der Waals surface area contributed by atoms with E-state index in [9.17, 15) is 9.59 Å². The second-order valence-corrected chi connectivity index (χ2v) is 7.81. The Morgan fingerprint density at radius 1 is 1.16 bits per heavy atom. The normalized spacial score (nSPS) is 15.4. The number of rotatable bonds is 5. The van der Waals surface area contributed by atoms with Crippen LogP contribution in [0.4, 0.5) is 5.13 Å². The standard InChI is InChI=1S/C23H18N2O5S/c1-3-29-15-6-4-5-13(11-15)19-18-20(26)16-8-7-14(28-2)12-17(16)30-21(18)22(27)25(19)23-24-9-10-31-23/h4-12,19H,3H2,1-2H3. The van der Waals surface area contributed by atoms with Gasteiger partial charge in [0.15, 0.2) is 10.6 Å². The molecule has 0 saturated heterocycles. The maximum atomic E-state index is 13.5. The van der Waals surface area contributed by atoms with Crippen LogP contribution in [0.1, 0.15) is 34.6 Å². The molecule has 1 aliphatic rings. The van der Waals surface area contributed by atoms with Gasteiger partial charge in [-0.2, -0.15) is 0 Å². The molecule has 1 aliphatic heterocycles. The van der Waals surface area contributed by atoms with Crippen LogP contribution >= 0.6 is 11.3 Å². The zero-order chi connectivity index (χ0) is 21.5. The lowest BCUT2D eigenvalue weighted by Gasteiger charge is -2.23. The summed E-state index contributed by atoms with van der Waals surface area (Å²) < 4.78 is 16.8. The maximum Gasteiger partial charge on any atom is 0.297 e. The van der Waals surface area contributed by atoms with Gasteiger partial charge in [-0.3, -0.25) is 14.5 Å². The van der Waals surface area contributed by atoms with Gasteiger partial charge in [-0.15, -0.1) is 11.3 Å². The Morgan fingerprint density at radius 2 is 2.03 bits per heavy atom. The van der Waals surface area contributed by atoms with Gasteiger partial charge in [0.25, 0.3) is 5.91 Å². The van der Waals surface area contributed by atoms with Crippen LogP contribution in [0.2, 0.25) is 0 Å². The quantitative estimate of drug-likeness (QED) is 0.463. The highest BCUT2D eigenvalue weighted by molar-refractivity contribution is 7.13. The molecule has 0 fully saturated rings. The molecule has 7 nitrogen and oxygen atoms in total. The molecule has 4 aromatic rings. The van der Waals surface area contributed by atoms with Gasteiger partial charge in [0.2, 0.25) is 5.76 Å². The number of anilines is 1. The Morgan fingerprint density at radius 3 is 2.77 bits per heavy atom. The Balaban J connectivity index is 1.78. The molecule has 1 amide bonds. The number of fused-ring (bicyclic) bond motifs is 2. The number of nitrogens with zero attached hydrogens (tertiary/aromatic N) is 2. The number of carbonyl (C=O) groups is 1. The SMILES string of the molecule is CCOc1cccc(C2c3c(oc4cc(OC)ccc4c3=O)C(=O)N2c2nccs2)c1. The van der Waals surface area contributed by atoms with Crippen LogP contribution in [-0.4, -0.2) is 24.6 Å². The van der Waals surface area contributed by atoms with Crippen LogP contribution in [0, 0.1) is 0 Å². The fraction of sp³-hybridized carbons (Fsp3) is 0.174. The first kappa shape index (κ1) is 19.3. The Bertz CT molecular complexity index is 1350. The summed E-state index contributed by atoms with van der Waals surface area (Å²) in [6.45, 7) is 2.41.